The van der Waals surface area contributed by atoms with E-state index in [4.69, 9.17) is 0 Å². The van der Waals surface area contributed by atoms with Crippen LogP contribution in [0.2, 0.25) is 0 Å². The van der Waals surface area contributed by atoms with Gasteiger partial charge in [-0.2, -0.15) is 0 Å². The zero-order valence-corrected chi connectivity index (χ0v) is 12.0. The summed E-state index contributed by atoms with van der Waals surface area (Å²) < 4.78 is 22.7. The minimum absolute atomic E-state index is 0.00700. The standard InChI is InChI=1S/C14H18N2O3S/c17-14(12-3-4-20(18,19)9-12)16-6-10-1-2-11-7-15-8-13(11)5-10/h1-2,5,12,15H,3-4,6-9H2,(H,16,17). The molecule has 5 nitrogen and oxygen atoms in total. The molecule has 3 rings (SSSR count). The van der Waals surface area contributed by atoms with Crippen LogP contribution in [-0.2, 0) is 34.3 Å². The Labute approximate surface area is 118 Å². The van der Waals surface area contributed by atoms with Gasteiger partial charge in [-0.1, -0.05) is 18.2 Å². The van der Waals surface area contributed by atoms with Crippen LogP contribution >= 0.6 is 0 Å². The van der Waals surface area contributed by atoms with Gasteiger partial charge in [-0.3, -0.25) is 4.79 Å². The van der Waals surface area contributed by atoms with Gasteiger partial charge >= 0.3 is 0 Å². The zero-order chi connectivity index (χ0) is 14.2. The van der Waals surface area contributed by atoms with E-state index < -0.39 is 9.84 Å². The maximum atomic E-state index is 12.0. The van der Waals surface area contributed by atoms with Crippen LogP contribution in [0.15, 0.2) is 18.2 Å². The van der Waals surface area contributed by atoms with Gasteiger partial charge in [0, 0.05) is 19.6 Å². The Morgan fingerprint density at radius 3 is 2.85 bits per heavy atom. The van der Waals surface area contributed by atoms with Crippen LogP contribution in [0.4, 0.5) is 0 Å². The highest BCUT2D eigenvalue weighted by molar-refractivity contribution is 7.91. The Morgan fingerprint density at radius 1 is 1.30 bits per heavy atom. The van der Waals surface area contributed by atoms with Gasteiger partial charge in [-0.25, -0.2) is 8.42 Å². The highest BCUT2D eigenvalue weighted by Gasteiger charge is 2.32. The van der Waals surface area contributed by atoms with Crippen molar-refractivity contribution in [2.45, 2.75) is 26.1 Å². The third kappa shape index (κ3) is 2.86. The number of fused-ring (bicyclic) bond motifs is 1. The van der Waals surface area contributed by atoms with E-state index in [0.717, 1.165) is 18.7 Å². The van der Waals surface area contributed by atoms with Crippen molar-refractivity contribution in [2.75, 3.05) is 11.5 Å². The number of carbonyl (C=O) groups excluding carboxylic acids is 1. The topological polar surface area (TPSA) is 75.3 Å². The molecule has 108 valence electrons. The molecule has 6 heteroatoms. The van der Waals surface area contributed by atoms with E-state index in [2.05, 4.69) is 22.8 Å². The lowest BCUT2D eigenvalue weighted by atomic mass is 10.1. The number of carbonyl (C=O) groups is 1. The van der Waals surface area contributed by atoms with E-state index in [1.54, 1.807) is 0 Å². The van der Waals surface area contributed by atoms with Crippen LogP contribution in [0.5, 0.6) is 0 Å². The summed E-state index contributed by atoms with van der Waals surface area (Å²) in [5.74, 6) is -0.400. The molecular weight excluding hydrogens is 276 g/mol. The smallest absolute Gasteiger partial charge is 0.224 e. The summed E-state index contributed by atoms with van der Waals surface area (Å²) in [7, 11) is -3.00. The van der Waals surface area contributed by atoms with Crippen LogP contribution in [0, 0.1) is 5.92 Å². The van der Waals surface area contributed by atoms with Crippen molar-refractivity contribution in [1.29, 1.82) is 0 Å². The van der Waals surface area contributed by atoms with Gasteiger partial charge in [-0.05, 0) is 23.1 Å². The van der Waals surface area contributed by atoms with Crippen LogP contribution in [0.3, 0.4) is 0 Å². The van der Waals surface area contributed by atoms with Crippen molar-refractivity contribution >= 4 is 15.7 Å². The fraction of sp³-hybridized carbons (Fsp3) is 0.500. The average molecular weight is 294 g/mol. The fourth-order valence-corrected chi connectivity index (χ4v) is 4.53. The van der Waals surface area contributed by atoms with Crippen molar-refractivity contribution in [3.05, 3.63) is 34.9 Å². The van der Waals surface area contributed by atoms with Gasteiger partial charge in [0.15, 0.2) is 9.84 Å². The molecule has 0 saturated carbocycles. The molecule has 1 aromatic carbocycles. The molecule has 1 amide bonds. The molecule has 0 aliphatic carbocycles. The lowest BCUT2D eigenvalue weighted by Crippen LogP contribution is -2.30. The fourth-order valence-electron chi connectivity index (χ4n) is 2.79. The molecule has 0 bridgehead atoms. The predicted molar refractivity (Wildman–Crippen MR) is 75.6 cm³/mol. The Balaban J connectivity index is 1.58. The maximum absolute atomic E-state index is 12.0. The number of benzene rings is 1. The third-order valence-corrected chi connectivity index (χ3v) is 5.74. The van der Waals surface area contributed by atoms with Crippen LogP contribution in [0.1, 0.15) is 23.1 Å². The van der Waals surface area contributed by atoms with E-state index in [1.807, 2.05) is 6.07 Å². The minimum atomic E-state index is -3.00. The van der Waals surface area contributed by atoms with Gasteiger partial charge in [0.25, 0.3) is 0 Å². The summed E-state index contributed by atoms with van der Waals surface area (Å²) >= 11 is 0. The molecule has 0 radical (unpaired) electrons. The molecule has 2 aliphatic heterocycles. The molecule has 20 heavy (non-hydrogen) atoms. The highest BCUT2D eigenvalue weighted by atomic mass is 32.2. The van der Waals surface area contributed by atoms with Gasteiger partial charge in [0.05, 0.1) is 17.4 Å². The first-order chi connectivity index (χ1) is 9.53. The second-order valence-corrected chi connectivity index (χ2v) is 7.75. The second-order valence-electron chi connectivity index (χ2n) is 5.52. The normalized spacial score (nSPS) is 23.5. The van der Waals surface area contributed by atoms with Crippen molar-refractivity contribution in [3.8, 4) is 0 Å². The number of nitrogens with one attached hydrogen (secondary N) is 2. The quantitative estimate of drug-likeness (QED) is 0.843. The first kappa shape index (κ1) is 13.6. The molecule has 1 unspecified atom stereocenters. The summed E-state index contributed by atoms with van der Waals surface area (Å²) in [4.78, 5) is 12.0. The monoisotopic (exact) mass is 294 g/mol. The Kier molecular flexibility index (Phi) is 3.52. The highest BCUT2D eigenvalue weighted by Crippen LogP contribution is 2.19. The average Bonchev–Trinajstić information content (AvgIpc) is 3.01. The molecular formula is C14H18N2O3S. The summed E-state index contributed by atoms with van der Waals surface area (Å²) in [6, 6.07) is 6.19. The third-order valence-electron chi connectivity index (χ3n) is 3.97. The van der Waals surface area contributed by atoms with Crippen LogP contribution in [-0.4, -0.2) is 25.8 Å². The number of hydrogen-bond donors (Lipinski definition) is 2. The number of hydrogen-bond acceptors (Lipinski definition) is 4. The van der Waals surface area contributed by atoms with Gasteiger partial charge in [-0.15, -0.1) is 0 Å². The molecule has 2 aliphatic rings. The zero-order valence-electron chi connectivity index (χ0n) is 11.2. The number of amides is 1. The molecule has 0 spiro atoms. The first-order valence-corrected chi connectivity index (χ1v) is 8.65. The first-order valence-electron chi connectivity index (χ1n) is 6.83. The summed E-state index contributed by atoms with van der Waals surface area (Å²) in [5, 5.41) is 6.13. The predicted octanol–water partition coefficient (Wildman–Crippen LogP) is 0.341. The second kappa shape index (κ2) is 5.18. The Morgan fingerprint density at radius 2 is 2.10 bits per heavy atom. The van der Waals surface area contributed by atoms with E-state index in [1.165, 1.54) is 11.1 Å². The maximum Gasteiger partial charge on any atom is 0.224 e. The number of rotatable bonds is 3. The van der Waals surface area contributed by atoms with Crippen molar-refractivity contribution in [3.63, 3.8) is 0 Å². The van der Waals surface area contributed by atoms with E-state index in [9.17, 15) is 13.2 Å². The van der Waals surface area contributed by atoms with E-state index in [-0.39, 0.29) is 23.3 Å². The molecule has 1 fully saturated rings. The Hall–Kier alpha value is -1.40. The van der Waals surface area contributed by atoms with Crippen molar-refractivity contribution < 1.29 is 13.2 Å². The van der Waals surface area contributed by atoms with Crippen LogP contribution < -0.4 is 10.6 Å². The van der Waals surface area contributed by atoms with Gasteiger partial charge < -0.3 is 10.6 Å². The molecule has 1 atom stereocenters. The van der Waals surface area contributed by atoms with Gasteiger partial charge in [0.2, 0.25) is 5.91 Å². The largest absolute Gasteiger partial charge is 0.352 e. The summed E-state index contributed by atoms with van der Waals surface area (Å²) in [6.45, 7) is 2.24. The molecule has 1 aromatic rings. The number of sulfone groups is 1. The van der Waals surface area contributed by atoms with Crippen LogP contribution in [0.25, 0.3) is 0 Å². The van der Waals surface area contributed by atoms with Crippen molar-refractivity contribution in [2.24, 2.45) is 5.92 Å². The van der Waals surface area contributed by atoms with Gasteiger partial charge in [0.1, 0.15) is 0 Å². The van der Waals surface area contributed by atoms with Crippen molar-refractivity contribution in [1.82, 2.24) is 10.6 Å². The molecule has 0 aromatic heterocycles. The minimum Gasteiger partial charge on any atom is -0.352 e. The molecule has 1 saturated heterocycles. The lowest BCUT2D eigenvalue weighted by Gasteiger charge is -2.10. The summed E-state index contributed by atoms with van der Waals surface area (Å²) in [6.07, 6.45) is 0.447. The lowest BCUT2D eigenvalue weighted by molar-refractivity contribution is -0.124. The SMILES string of the molecule is O=C(NCc1ccc2c(c1)CNC2)C1CCS(=O)(=O)C1. The molecule has 2 N–H and O–H groups in total. The Bertz CT molecular complexity index is 640. The van der Waals surface area contributed by atoms with E-state index >= 15 is 0 Å². The summed E-state index contributed by atoms with van der Waals surface area (Å²) in [5.41, 5.74) is 3.64. The van der Waals surface area contributed by atoms with E-state index in [0.29, 0.717) is 13.0 Å². The molecule has 2 heterocycles.